The van der Waals surface area contributed by atoms with Crippen molar-refractivity contribution in [3.63, 3.8) is 0 Å². The van der Waals surface area contributed by atoms with Crippen LogP contribution in [0.15, 0.2) is 18.2 Å². The topological polar surface area (TPSA) is 29.3 Å². The predicted molar refractivity (Wildman–Crippen MR) is 86.8 cm³/mol. The lowest BCUT2D eigenvalue weighted by atomic mass is 10.0. The third kappa shape index (κ3) is 4.79. The number of halogens is 1. The van der Waals surface area contributed by atoms with Crippen molar-refractivity contribution in [2.75, 3.05) is 13.6 Å². The van der Waals surface area contributed by atoms with E-state index in [0.717, 1.165) is 18.5 Å². The highest BCUT2D eigenvalue weighted by molar-refractivity contribution is 5.25. The van der Waals surface area contributed by atoms with Crippen molar-refractivity contribution < 1.29 is 4.39 Å². The third-order valence-electron chi connectivity index (χ3n) is 4.86. The van der Waals surface area contributed by atoms with Crippen LogP contribution in [0.25, 0.3) is 0 Å². The lowest BCUT2D eigenvalue weighted by Gasteiger charge is -2.28. The maximum Gasteiger partial charge on any atom is 0.126 e. The second-order valence-electron chi connectivity index (χ2n) is 6.53. The van der Waals surface area contributed by atoms with Gasteiger partial charge < -0.3 is 10.6 Å². The van der Waals surface area contributed by atoms with E-state index in [2.05, 4.69) is 11.9 Å². The molecule has 0 radical (unpaired) electrons. The van der Waals surface area contributed by atoms with Gasteiger partial charge in [-0.1, -0.05) is 37.8 Å². The van der Waals surface area contributed by atoms with Crippen molar-refractivity contribution in [1.82, 2.24) is 4.90 Å². The first kappa shape index (κ1) is 16.4. The minimum Gasteiger partial charge on any atom is -0.324 e. The summed E-state index contributed by atoms with van der Waals surface area (Å²) in [5.74, 6) is -0.153. The van der Waals surface area contributed by atoms with E-state index in [0.29, 0.717) is 11.6 Å². The SMILES string of the molecule is Cc1ccc(C(N)CCN(C)C2CCCCCC2)cc1F. The first-order valence-corrected chi connectivity index (χ1v) is 8.30. The third-order valence-corrected chi connectivity index (χ3v) is 4.86. The molecule has 1 atom stereocenters. The average Bonchev–Trinajstić information content (AvgIpc) is 2.76. The van der Waals surface area contributed by atoms with Crippen LogP contribution in [-0.4, -0.2) is 24.5 Å². The van der Waals surface area contributed by atoms with Gasteiger partial charge in [-0.2, -0.15) is 0 Å². The Morgan fingerprint density at radius 1 is 1.24 bits per heavy atom. The molecule has 1 aromatic carbocycles. The van der Waals surface area contributed by atoms with Gasteiger partial charge in [-0.15, -0.1) is 0 Å². The summed E-state index contributed by atoms with van der Waals surface area (Å²) in [6.45, 7) is 2.77. The van der Waals surface area contributed by atoms with Crippen LogP contribution in [0.3, 0.4) is 0 Å². The molecule has 118 valence electrons. The van der Waals surface area contributed by atoms with Gasteiger partial charge >= 0.3 is 0 Å². The van der Waals surface area contributed by atoms with Crippen LogP contribution in [0.5, 0.6) is 0 Å². The summed E-state index contributed by atoms with van der Waals surface area (Å²) in [6.07, 6.45) is 8.97. The summed E-state index contributed by atoms with van der Waals surface area (Å²) in [5, 5.41) is 0. The number of hydrogen-bond donors (Lipinski definition) is 1. The minimum atomic E-state index is -0.153. The molecule has 0 bridgehead atoms. The van der Waals surface area contributed by atoms with Crippen molar-refractivity contribution in [3.8, 4) is 0 Å². The lowest BCUT2D eigenvalue weighted by molar-refractivity contribution is 0.214. The van der Waals surface area contributed by atoms with Crippen molar-refractivity contribution >= 4 is 0 Å². The van der Waals surface area contributed by atoms with Gasteiger partial charge in [0.25, 0.3) is 0 Å². The summed E-state index contributed by atoms with van der Waals surface area (Å²) >= 11 is 0. The quantitative estimate of drug-likeness (QED) is 0.825. The van der Waals surface area contributed by atoms with Crippen molar-refractivity contribution in [1.29, 1.82) is 0 Å². The van der Waals surface area contributed by atoms with Gasteiger partial charge in [0, 0.05) is 12.1 Å². The molecular weight excluding hydrogens is 263 g/mol. The number of hydrogen-bond acceptors (Lipinski definition) is 2. The molecule has 0 amide bonds. The molecular formula is C18H29FN2. The predicted octanol–water partition coefficient (Wildman–Crippen LogP) is 4.18. The Hall–Kier alpha value is -0.930. The summed E-state index contributed by atoms with van der Waals surface area (Å²) in [6, 6.07) is 5.99. The molecule has 1 aliphatic carbocycles. The molecule has 0 saturated heterocycles. The van der Waals surface area contributed by atoms with E-state index in [-0.39, 0.29) is 11.9 Å². The fourth-order valence-corrected chi connectivity index (χ4v) is 3.23. The molecule has 2 rings (SSSR count). The first-order chi connectivity index (χ1) is 10.1. The Morgan fingerprint density at radius 3 is 2.52 bits per heavy atom. The van der Waals surface area contributed by atoms with Crippen LogP contribution >= 0.6 is 0 Å². The Bertz CT molecular complexity index is 439. The number of benzene rings is 1. The maximum absolute atomic E-state index is 13.6. The molecule has 1 saturated carbocycles. The summed E-state index contributed by atoms with van der Waals surface area (Å²) < 4.78 is 13.6. The van der Waals surface area contributed by atoms with Crippen LogP contribution < -0.4 is 5.73 Å². The lowest BCUT2D eigenvalue weighted by Crippen LogP contribution is -2.33. The van der Waals surface area contributed by atoms with Crippen molar-refractivity contribution in [2.45, 2.75) is 64.0 Å². The van der Waals surface area contributed by atoms with Gasteiger partial charge in [0.2, 0.25) is 0 Å². The van der Waals surface area contributed by atoms with Crippen molar-refractivity contribution in [3.05, 3.63) is 35.1 Å². The second-order valence-corrected chi connectivity index (χ2v) is 6.53. The molecule has 1 aromatic rings. The van der Waals surface area contributed by atoms with E-state index in [1.807, 2.05) is 12.1 Å². The molecule has 1 fully saturated rings. The minimum absolute atomic E-state index is 0.0756. The molecule has 0 spiro atoms. The summed E-state index contributed by atoms with van der Waals surface area (Å²) in [7, 11) is 2.21. The molecule has 0 heterocycles. The van der Waals surface area contributed by atoms with Gasteiger partial charge in [-0.25, -0.2) is 4.39 Å². The van der Waals surface area contributed by atoms with Gasteiger partial charge in [0.05, 0.1) is 0 Å². The van der Waals surface area contributed by atoms with E-state index in [9.17, 15) is 4.39 Å². The van der Waals surface area contributed by atoms with Crippen LogP contribution in [0, 0.1) is 12.7 Å². The fourth-order valence-electron chi connectivity index (χ4n) is 3.23. The van der Waals surface area contributed by atoms with E-state index in [1.165, 1.54) is 38.5 Å². The number of aryl methyl sites for hydroxylation is 1. The average molecular weight is 292 g/mol. The highest BCUT2D eigenvalue weighted by Gasteiger charge is 2.18. The summed E-state index contributed by atoms with van der Waals surface area (Å²) in [4.78, 5) is 2.45. The molecule has 21 heavy (non-hydrogen) atoms. The van der Waals surface area contributed by atoms with Crippen LogP contribution in [0.1, 0.15) is 62.1 Å². The van der Waals surface area contributed by atoms with Gasteiger partial charge in [0.15, 0.2) is 0 Å². The molecule has 3 heteroatoms. The van der Waals surface area contributed by atoms with Gasteiger partial charge in [-0.05, 0) is 57.0 Å². The monoisotopic (exact) mass is 292 g/mol. The summed E-state index contributed by atoms with van der Waals surface area (Å²) in [5.41, 5.74) is 7.82. The van der Waals surface area contributed by atoms with Gasteiger partial charge in [-0.3, -0.25) is 0 Å². The largest absolute Gasteiger partial charge is 0.324 e. The standard InChI is InChI=1S/C18H29FN2/c1-14-9-10-15(13-17(14)19)18(20)11-12-21(2)16-7-5-3-4-6-8-16/h9-10,13,16,18H,3-8,11-12,20H2,1-2H3. The Morgan fingerprint density at radius 2 is 1.90 bits per heavy atom. The zero-order valence-corrected chi connectivity index (χ0v) is 13.4. The molecule has 0 aromatic heterocycles. The number of nitrogens with zero attached hydrogens (tertiary/aromatic N) is 1. The van der Waals surface area contributed by atoms with Crippen LogP contribution in [0.2, 0.25) is 0 Å². The molecule has 0 aliphatic heterocycles. The normalized spacial score (nSPS) is 18.7. The first-order valence-electron chi connectivity index (χ1n) is 8.30. The highest BCUT2D eigenvalue weighted by Crippen LogP contribution is 2.23. The molecule has 1 aliphatic rings. The molecule has 1 unspecified atom stereocenters. The van der Waals surface area contributed by atoms with E-state index < -0.39 is 0 Å². The van der Waals surface area contributed by atoms with E-state index in [4.69, 9.17) is 5.73 Å². The zero-order chi connectivity index (χ0) is 15.2. The molecule has 2 N–H and O–H groups in total. The second kappa shape index (κ2) is 7.90. The van der Waals surface area contributed by atoms with Gasteiger partial charge in [0.1, 0.15) is 5.82 Å². The van der Waals surface area contributed by atoms with Crippen LogP contribution in [-0.2, 0) is 0 Å². The van der Waals surface area contributed by atoms with Crippen LogP contribution in [0.4, 0.5) is 4.39 Å². The smallest absolute Gasteiger partial charge is 0.126 e. The highest BCUT2D eigenvalue weighted by atomic mass is 19.1. The number of rotatable bonds is 5. The van der Waals surface area contributed by atoms with Crippen molar-refractivity contribution in [2.24, 2.45) is 5.73 Å². The molecule has 2 nitrogen and oxygen atoms in total. The Balaban J connectivity index is 1.84. The number of nitrogens with two attached hydrogens (primary N) is 1. The maximum atomic E-state index is 13.6. The Labute approximate surface area is 128 Å². The Kier molecular flexibility index (Phi) is 6.19. The van der Waals surface area contributed by atoms with E-state index >= 15 is 0 Å². The fraction of sp³-hybridized carbons (Fsp3) is 0.667. The zero-order valence-electron chi connectivity index (χ0n) is 13.4. The van der Waals surface area contributed by atoms with E-state index in [1.54, 1.807) is 13.0 Å².